The molecule has 0 bridgehead atoms. The summed E-state index contributed by atoms with van der Waals surface area (Å²) in [6.45, 7) is 7.47. The number of hydrogen-bond acceptors (Lipinski definition) is 5. The summed E-state index contributed by atoms with van der Waals surface area (Å²) in [6.07, 6.45) is 1.43. The Labute approximate surface area is 171 Å². The predicted octanol–water partition coefficient (Wildman–Crippen LogP) is 4.27. The maximum absolute atomic E-state index is 8.69. The van der Waals surface area contributed by atoms with Crippen LogP contribution in [0.5, 0.6) is 0 Å². The summed E-state index contributed by atoms with van der Waals surface area (Å²) in [7, 11) is 0. The molecule has 0 saturated carbocycles. The number of hydrogen-bond donors (Lipinski definition) is 1. The van der Waals surface area contributed by atoms with Crippen LogP contribution in [0.1, 0.15) is 12.5 Å². The van der Waals surface area contributed by atoms with Crippen LogP contribution in [0.3, 0.4) is 0 Å². The number of likely N-dealkylation sites (N-methyl/N-ethyl adjacent to an activating group) is 1. The Morgan fingerprint density at radius 3 is 2.43 bits per heavy atom. The second-order valence-corrected chi connectivity index (χ2v) is 6.84. The van der Waals surface area contributed by atoms with Gasteiger partial charge in [-0.3, -0.25) is 0 Å². The number of piperazine rings is 1. The number of oxime groups is 1. The van der Waals surface area contributed by atoms with Crippen molar-refractivity contribution in [3.8, 4) is 11.3 Å². The number of pyridine rings is 1. The second-order valence-electron chi connectivity index (χ2n) is 6.84. The van der Waals surface area contributed by atoms with E-state index in [1.54, 1.807) is 0 Å². The Morgan fingerprint density at radius 2 is 1.75 bits per heavy atom. The third-order valence-corrected chi connectivity index (χ3v) is 5.25. The van der Waals surface area contributed by atoms with Gasteiger partial charge < -0.3 is 15.0 Å². The van der Waals surface area contributed by atoms with E-state index in [4.69, 9.17) is 10.2 Å². The highest BCUT2D eigenvalue weighted by atomic mass is 35.5. The number of halogens is 1. The summed E-state index contributed by atoms with van der Waals surface area (Å²) in [4.78, 5) is 9.93. The average molecular weight is 397 g/mol. The molecular formula is C22H25ClN4O. The van der Waals surface area contributed by atoms with E-state index in [0.717, 1.165) is 55.4 Å². The van der Waals surface area contributed by atoms with Crippen molar-refractivity contribution in [2.75, 3.05) is 37.6 Å². The minimum Gasteiger partial charge on any atom is -0.411 e. The van der Waals surface area contributed by atoms with Gasteiger partial charge in [-0.1, -0.05) is 60.6 Å². The largest absolute Gasteiger partial charge is 0.411 e. The van der Waals surface area contributed by atoms with Crippen molar-refractivity contribution in [1.82, 2.24) is 9.88 Å². The molecule has 2 aromatic carbocycles. The lowest BCUT2D eigenvalue weighted by Crippen LogP contribution is -2.46. The van der Waals surface area contributed by atoms with Gasteiger partial charge in [0.05, 0.1) is 11.9 Å². The van der Waals surface area contributed by atoms with Crippen molar-refractivity contribution in [2.45, 2.75) is 6.92 Å². The fourth-order valence-corrected chi connectivity index (χ4v) is 3.65. The molecule has 1 aliphatic rings. The topological polar surface area (TPSA) is 52.0 Å². The zero-order valence-corrected chi connectivity index (χ0v) is 16.8. The highest BCUT2D eigenvalue weighted by molar-refractivity contribution is 5.95. The lowest BCUT2D eigenvalue weighted by Gasteiger charge is -2.35. The predicted molar refractivity (Wildman–Crippen MR) is 118 cm³/mol. The summed E-state index contributed by atoms with van der Waals surface area (Å²) in [6, 6.07) is 18.5. The van der Waals surface area contributed by atoms with E-state index in [-0.39, 0.29) is 12.4 Å². The van der Waals surface area contributed by atoms with Crippen LogP contribution in [0, 0.1) is 0 Å². The number of fused-ring (bicyclic) bond motifs is 1. The minimum absolute atomic E-state index is 0. The van der Waals surface area contributed by atoms with E-state index in [0.29, 0.717) is 0 Å². The van der Waals surface area contributed by atoms with Gasteiger partial charge in [-0.25, -0.2) is 4.98 Å². The Morgan fingerprint density at radius 1 is 1.04 bits per heavy atom. The van der Waals surface area contributed by atoms with Gasteiger partial charge in [-0.2, -0.15) is 0 Å². The van der Waals surface area contributed by atoms with E-state index in [2.05, 4.69) is 52.2 Å². The molecule has 0 atom stereocenters. The molecule has 6 heteroatoms. The van der Waals surface area contributed by atoms with Crippen LogP contribution in [0.25, 0.3) is 22.0 Å². The van der Waals surface area contributed by atoms with E-state index < -0.39 is 0 Å². The van der Waals surface area contributed by atoms with Crippen LogP contribution in [0.15, 0.2) is 59.8 Å². The molecular weight excluding hydrogens is 372 g/mol. The average Bonchev–Trinajstić information content (AvgIpc) is 2.74. The fourth-order valence-electron chi connectivity index (χ4n) is 3.65. The van der Waals surface area contributed by atoms with Crippen LogP contribution in [0.2, 0.25) is 0 Å². The number of nitrogens with zero attached hydrogens (tertiary/aromatic N) is 4. The van der Waals surface area contributed by atoms with E-state index in [1.165, 1.54) is 17.0 Å². The van der Waals surface area contributed by atoms with E-state index in [1.807, 2.05) is 24.3 Å². The quantitative estimate of drug-likeness (QED) is 0.406. The van der Waals surface area contributed by atoms with Crippen LogP contribution in [-0.4, -0.2) is 54.0 Å². The van der Waals surface area contributed by atoms with Gasteiger partial charge in [-0.15, -0.1) is 12.4 Å². The lowest BCUT2D eigenvalue weighted by atomic mass is 10.0. The Kier molecular flexibility index (Phi) is 6.49. The first-order valence-electron chi connectivity index (χ1n) is 9.43. The number of rotatable bonds is 4. The molecule has 1 fully saturated rings. The van der Waals surface area contributed by atoms with Crippen LogP contribution >= 0.6 is 12.4 Å². The Bertz CT molecular complexity index is 950. The molecule has 1 aromatic heterocycles. The summed E-state index contributed by atoms with van der Waals surface area (Å²) >= 11 is 0. The standard InChI is InChI=1S/C22H24N4O.ClH/c1-2-25-11-13-26(14-12-25)22-20-6-4-3-5-19(20)15-21(24-22)18-9-7-17(8-10-18)16-23-27;/h3-10,15-16,27H,2,11-14H2,1H3;1H/b23-16-;. The molecule has 3 aromatic rings. The maximum Gasteiger partial charge on any atom is 0.137 e. The zero-order valence-electron chi connectivity index (χ0n) is 16.0. The lowest BCUT2D eigenvalue weighted by molar-refractivity contribution is 0.271. The molecule has 2 heterocycles. The van der Waals surface area contributed by atoms with Gasteiger partial charge >= 0.3 is 0 Å². The second kappa shape index (κ2) is 9.04. The summed E-state index contributed by atoms with van der Waals surface area (Å²) in [5, 5.41) is 14.2. The molecule has 0 amide bonds. The van der Waals surface area contributed by atoms with Gasteiger partial charge in [0.25, 0.3) is 0 Å². The van der Waals surface area contributed by atoms with Gasteiger partial charge in [0.15, 0.2) is 0 Å². The minimum atomic E-state index is 0. The van der Waals surface area contributed by atoms with Crippen LogP contribution < -0.4 is 4.90 Å². The van der Waals surface area contributed by atoms with Gasteiger partial charge in [-0.05, 0) is 23.6 Å². The fraction of sp³-hybridized carbons (Fsp3) is 0.273. The third-order valence-electron chi connectivity index (χ3n) is 5.25. The molecule has 0 aliphatic carbocycles. The molecule has 28 heavy (non-hydrogen) atoms. The van der Waals surface area contributed by atoms with Gasteiger partial charge in [0.1, 0.15) is 5.82 Å². The molecule has 0 unspecified atom stereocenters. The summed E-state index contributed by atoms with van der Waals surface area (Å²) in [5.74, 6) is 1.07. The van der Waals surface area contributed by atoms with Crippen LogP contribution in [0.4, 0.5) is 5.82 Å². The van der Waals surface area contributed by atoms with Crippen LogP contribution in [-0.2, 0) is 0 Å². The van der Waals surface area contributed by atoms with Crippen molar-refractivity contribution in [1.29, 1.82) is 0 Å². The first-order chi connectivity index (χ1) is 13.3. The normalized spacial score (nSPS) is 15.1. The zero-order chi connectivity index (χ0) is 18.6. The van der Waals surface area contributed by atoms with Gasteiger partial charge in [0, 0.05) is 37.1 Å². The first-order valence-corrected chi connectivity index (χ1v) is 9.43. The summed E-state index contributed by atoms with van der Waals surface area (Å²) < 4.78 is 0. The summed E-state index contributed by atoms with van der Waals surface area (Å²) in [5.41, 5.74) is 2.89. The molecule has 0 radical (unpaired) electrons. The third kappa shape index (κ3) is 4.11. The Balaban J connectivity index is 0.00000225. The van der Waals surface area contributed by atoms with Crippen molar-refractivity contribution in [3.63, 3.8) is 0 Å². The monoisotopic (exact) mass is 396 g/mol. The number of benzene rings is 2. The van der Waals surface area contributed by atoms with E-state index in [9.17, 15) is 0 Å². The SMILES string of the molecule is CCN1CCN(c2nc(-c3ccc(/C=N\O)cc3)cc3ccccc23)CC1.Cl. The molecule has 146 valence electrons. The van der Waals surface area contributed by atoms with E-state index >= 15 is 0 Å². The van der Waals surface area contributed by atoms with Crippen molar-refractivity contribution >= 4 is 35.2 Å². The molecule has 4 rings (SSSR count). The molecule has 5 nitrogen and oxygen atoms in total. The smallest absolute Gasteiger partial charge is 0.137 e. The highest BCUT2D eigenvalue weighted by Crippen LogP contribution is 2.30. The first kappa shape index (κ1) is 20.1. The number of anilines is 1. The maximum atomic E-state index is 8.69. The number of aromatic nitrogens is 1. The molecule has 1 N–H and O–H groups in total. The molecule has 1 aliphatic heterocycles. The Hall–Kier alpha value is -2.63. The van der Waals surface area contributed by atoms with Crippen molar-refractivity contribution in [2.24, 2.45) is 5.16 Å². The van der Waals surface area contributed by atoms with Crippen molar-refractivity contribution in [3.05, 3.63) is 60.2 Å². The molecule has 0 spiro atoms. The molecule has 1 saturated heterocycles. The van der Waals surface area contributed by atoms with Crippen molar-refractivity contribution < 1.29 is 5.21 Å². The highest BCUT2D eigenvalue weighted by Gasteiger charge is 2.19. The van der Waals surface area contributed by atoms with Gasteiger partial charge in [0.2, 0.25) is 0 Å².